The van der Waals surface area contributed by atoms with Crippen LogP contribution in [0.3, 0.4) is 0 Å². The summed E-state index contributed by atoms with van der Waals surface area (Å²) >= 11 is 11.6. The lowest BCUT2D eigenvalue weighted by Crippen LogP contribution is -2.16. The Morgan fingerprint density at radius 2 is 1.83 bits per heavy atom. The molecule has 0 aliphatic heterocycles. The molecule has 0 unspecified atom stereocenters. The standard InChI is InChI=1S/C16H13Cl2NO5/c1-22-9-3-4-10(13(7-9)23-2)12(20)8-24-16(21)15-11(17)5-6-14(18)19-15/h3-7H,8H2,1-2H3. The van der Waals surface area contributed by atoms with Gasteiger partial charge >= 0.3 is 5.97 Å². The predicted octanol–water partition coefficient (Wildman–Crippen LogP) is 3.45. The Morgan fingerprint density at radius 1 is 1.08 bits per heavy atom. The van der Waals surface area contributed by atoms with E-state index >= 15 is 0 Å². The highest BCUT2D eigenvalue weighted by Crippen LogP contribution is 2.25. The van der Waals surface area contributed by atoms with Crippen molar-refractivity contribution in [2.24, 2.45) is 0 Å². The molecule has 0 atom stereocenters. The monoisotopic (exact) mass is 369 g/mol. The molecular formula is C16H13Cl2NO5. The van der Waals surface area contributed by atoms with Gasteiger partial charge in [0.15, 0.2) is 12.3 Å². The average molecular weight is 370 g/mol. The zero-order chi connectivity index (χ0) is 17.7. The molecule has 0 N–H and O–H groups in total. The van der Waals surface area contributed by atoms with E-state index in [0.717, 1.165) is 0 Å². The van der Waals surface area contributed by atoms with Crippen molar-refractivity contribution in [3.05, 3.63) is 51.8 Å². The van der Waals surface area contributed by atoms with Gasteiger partial charge in [0.2, 0.25) is 5.78 Å². The van der Waals surface area contributed by atoms with Crippen molar-refractivity contribution in [2.45, 2.75) is 0 Å². The van der Waals surface area contributed by atoms with E-state index in [1.807, 2.05) is 0 Å². The fourth-order valence-electron chi connectivity index (χ4n) is 1.87. The third-order valence-corrected chi connectivity index (χ3v) is 3.56. The number of ether oxygens (including phenoxy) is 3. The van der Waals surface area contributed by atoms with Crippen LogP contribution in [0.25, 0.3) is 0 Å². The number of ketones is 1. The lowest BCUT2D eigenvalue weighted by molar-refractivity contribution is 0.0468. The van der Waals surface area contributed by atoms with Gasteiger partial charge in [-0.1, -0.05) is 23.2 Å². The molecule has 1 aromatic heterocycles. The number of pyridine rings is 1. The smallest absolute Gasteiger partial charge is 0.359 e. The van der Waals surface area contributed by atoms with Gasteiger partial charge in [0.05, 0.1) is 24.8 Å². The van der Waals surface area contributed by atoms with E-state index in [1.165, 1.54) is 32.4 Å². The second-order valence-corrected chi connectivity index (χ2v) is 5.32. The van der Waals surface area contributed by atoms with Crippen molar-refractivity contribution in [1.29, 1.82) is 0 Å². The Labute approximate surface area is 148 Å². The molecule has 8 heteroatoms. The molecule has 0 bridgehead atoms. The molecule has 0 radical (unpaired) electrons. The summed E-state index contributed by atoms with van der Waals surface area (Å²) in [5.74, 6) is -0.436. The molecule has 0 aliphatic carbocycles. The van der Waals surface area contributed by atoms with E-state index in [4.69, 9.17) is 37.4 Å². The molecule has 0 saturated heterocycles. The maximum absolute atomic E-state index is 12.2. The molecule has 2 rings (SSSR count). The molecule has 1 aromatic carbocycles. The second-order valence-electron chi connectivity index (χ2n) is 4.53. The minimum Gasteiger partial charge on any atom is -0.497 e. The Morgan fingerprint density at radius 3 is 2.50 bits per heavy atom. The number of esters is 1. The first-order valence-electron chi connectivity index (χ1n) is 6.70. The molecular weight excluding hydrogens is 357 g/mol. The number of carbonyl (C=O) groups excluding carboxylic acids is 2. The Kier molecular flexibility index (Phi) is 6.00. The predicted molar refractivity (Wildman–Crippen MR) is 88.4 cm³/mol. The molecule has 0 spiro atoms. The van der Waals surface area contributed by atoms with E-state index in [2.05, 4.69) is 4.98 Å². The zero-order valence-corrected chi connectivity index (χ0v) is 14.4. The van der Waals surface area contributed by atoms with Crippen LogP contribution in [0.15, 0.2) is 30.3 Å². The summed E-state index contributed by atoms with van der Waals surface area (Å²) in [4.78, 5) is 28.0. The van der Waals surface area contributed by atoms with Crippen molar-refractivity contribution in [2.75, 3.05) is 20.8 Å². The maximum atomic E-state index is 12.2. The topological polar surface area (TPSA) is 74.7 Å². The summed E-state index contributed by atoms with van der Waals surface area (Å²) in [6, 6.07) is 7.55. The van der Waals surface area contributed by atoms with E-state index < -0.39 is 18.4 Å². The summed E-state index contributed by atoms with van der Waals surface area (Å²) in [6.45, 7) is -0.494. The number of aromatic nitrogens is 1. The number of nitrogens with zero attached hydrogens (tertiary/aromatic N) is 1. The third-order valence-electron chi connectivity index (χ3n) is 3.05. The van der Waals surface area contributed by atoms with Crippen LogP contribution in [0, 0.1) is 0 Å². The number of carbonyl (C=O) groups is 2. The first-order chi connectivity index (χ1) is 11.5. The van der Waals surface area contributed by atoms with Crippen molar-refractivity contribution in [3.8, 4) is 11.5 Å². The number of hydrogen-bond acceptors (Lipinski definition) is 6. The second kappa shape index (κ2) is 7.99. The highest BCUT2D eigenvalue weighted by atomic mass is 35.5. The normalized spacial score (nSPS) is 10.2. The zero-order valence-electron chi connectivity index (χ0n) is 12.8. The van der Waals surface area contributed by atoms with Gasteiger partial charge in [0.25, 0.3) is 0 Å². The lowest BCUT2D eigenvalue weighted by Gasteiger charge is -2.10. The molecule has 6 nitrogen and oxygen atoms in total. The highest BCUT2D eigenvalue weighted by molar-refractivity contribution is 6.34. The number of rotatable bonds is 6. The Hall–Kier alpha value is -2.31. The van der Waals surface area contributed by atoms with Crippen molar-refractivity contribution < 1.29 is 23.8 Å². The fourth-order valence-corrected chi connectivity index (χ4v) is 2.20. The van der Waals surface area contributed by atoms with Crippen LogP contribution in [0.2, 0.25) is 10.2 Å². The number of Topliss-reactive ketones (excluding diaryl/α,β-unsaturated/α-hetero) is 1. The summed E-state index contributed by atoms with van der Waals surface area (Å²) in [5.41, 5.74) is 0.106. The van der Waals surface area contributed by atoms with Crippen molar-refractivity contribution in [3.63, 3.8) is 0 Å². The molecule has 0 saturated carbocycles. The van der Waals surface area contributed by atoms with Crippen LogP contribution in [-0.2, 0) is 4.74 Å². The van der Waals surface area contributed by atoms with Gasteiger partial charge in [-0.3, -0.25) is 4.79 Å². The van der Waals surface area contributed by atoms with Gasteiger partial charge in [-0.15, -0.1) is 0 Å². The first kappa shape index (κ1) is 18.0. The van der Waals surface area contributed by atoms with Gasteiger partial charge in [0.1, 0.15) is 16.7 Å². The maximum Gasteiger partial charge on any atom is 0.359 e. The molecule has 2 aromatic rings. The van der Waals surface area contributed by atoms with E-state index in [9.17, 15) is 9.59 Å². The van der Waals surface area contributed by atoms with Crippen molar-refractivity contribution >= 4 is 35.0 Å². The number of methoxy groups -OCH3 is 2. The van der Waals surface area contributed by atoms with E-state index in [1.54, 1.807) is 12.1 Å². The van der Waals surface area contributed by atoms with Gasteiger partial charge in [-0.05, 0) is 24.3 Å². The van der Waals surface area contributed by atoms with E-state index in [-0.39, 0.29) is 21.4 Å². The van der Waals surface area contributed by atoms with Gasteiger partial charge in [0, 0.05) is 6.07 Å². The van der Waals surface area contributed by atoms with Crippen LogP contribution < -0.4 is 9.47 Å². The lowest BCUT2D eigenvalue weighted by atomic mass is 10.1. The number of halogens is 2. The summed E-state index contributed by atoms with van der Waals surface area (Å²) in [6.07, 6.45) is 0. The number of hydrogen-bond donors (Lipinski definition) is 0. The van der Waals surface area contributed by atoms with Gasteiger partial charge in [-0.25, -0.2) is 9.78 Å². The van der Waals surface area contributed by atoms with Crippen LogP contribution in [0.1, 0.15) is 20.8 Å². The first-order valence-corrected chi connectivity index (χ1v) is 7.46. The SMILES string of the molecule is COc1ccc(C(=O)COC(=O)c2nc(Cl)ccc2Cl)c(OC)c1. The Balaban J connectivity index is 2.10. The van der Waals surface area contributed by atoms with Crippen LogP contribution in [0.5, 0.6) is 11.5 Å². The summed E-state index contributed by atoms with van der Waals surface area (Å²) < 4.78 is 15.2. The molecule has 126 valence electrons. The van der Waals surface area contributed by atoms with Crippen LogP contribution >= 0.6 is 23.2 Å². The number of benzene rings is 1. The van der Waals surface area contributed by atoms with Gasteiger partial charge in [-0.2, -0.15) is 0 Å². The van der Waals surface area contributed by atoms with Crippen LogP contribution in [0.4, 0.5) is 0 Å². The fraction of sp³-hybridized carbons (Fsp3) is 0.188. The largest absolute Gasteiger partial charge is 0.497 e. The minimum atomic E-state index is -0.844. The van der Waals surface area contributed by atoms with E-state index in [0.29, 0.717) is 11.5 Å². The van der Waals surface area contributed by atoms with Crippen LogP contribution in [-0.4, -0.2) is 37.6 Å². The molecule has 0 fully saturated rings. The molecule has 1 heterocycles. The summed E-state index contributed by atoms with van der Waals surface area (Å²) in [7, 11) is 2.92. The summed E-state index contributed by atoms with van der Waals surface area (Å²) in [5, 5.41) is 0.174. The molecule has 0 aliphatic rings. The molecule has 24 heavy (non-hydrogen) atoms. The van der Waals surface area contributed by atoms with Crippen molar-refractivity contribution in [1.82, 2.24) is 4.98 Å². The molecule has 0 amide bonds. The minimum absolute atomic E-state index is 0.0823. The van der Waals surface area contributed by atoms with Gasteiger partial charge < -0.3 is 14.2 Å². The Bertz CT molecular complexity index is 779. The quantitative estimate of drug-likeness (QED) is 0.441. The highest BCUT2D eigenvalue weighted by Gasteiger charge is 2.19. The third kappa shape index (κ3) is 4.15. The average Bonchev–Trinajstić information content (AvgIpc) is 2.60.